The quantitative estimate of drug-likeness (QED) is 0.174. The van der Waals surface area contributed by atoms with Crippen molar-refractivity contribution in [3.8, 4) is 0 Å². The molecule has 1 fully saturated rings. The Bertz CT molecular complexity index is 587. The van der Waals surface area contributed by atoms with E-state index >= 15 is 0 Å². The second-order valence-electron chi connectivity index (χ2n) is 7.54. The number of nitrogens with one attached hydrogen (secondary N) is 1. The summed E-state index contributed by atoms with van der Waals surface area (Å²) in [6, 6.07) is -1.68. The van der Waals surface area contributed by atoms with E-state index in [0.29, 0.717) is 0 Å². The number of carboxylic acids is 5. The molecule has 1 heterocycles. The van der Waals surface area contributed by atoms with Gasteiger partial charge in [-0.1, -0.05) is 34.1 Å². The van der Waals surface area contributed by atoms with Crippen molar-refractivity contribution in [2.45, 2.75) is 65.1 Å². The highest BCUT2D eigenvalue weighted by atomic mass is 16.4. The minimum atomic E-state index is -0.968. The first-order valence-electron chi connectivity index (χ1n) is 10.8. The Balaban J connectivity index is -0.000000175. The van der Waals surface area contributed by atoms with Gasteiger partial charge in [0.1, 0.15) is 18.1 Å². The molecule has 14 N–H and O–H groups in total. The predicted octanol–water partition coefficient (Wildman–Crippen LogP) is -1.62. The third kappa shape index (κ3) is 29.1. The van der Waals surface area contributed by atoms with Crippen molar-refractivity contribution < 1.29 is 49.5 Å². The van der Waals surface area contributed by atoms with Crippen molar-refractivity contribution in [3.05, 3.63) is 0 Å². The molecule has 0 aromatic carbocycles. The van der Waals surface area contributed by atoms with E-state index in [4.69, 9.17) is 37.0 Å². The Morgan fingerprint density at radius 1 is 0.829 bits per heavy atom. The van der Waals surface area contributed by atoms with Gasteiger partial charge in [-0.15, -0.1) is 0 Å². The molecule has 0 amide bonds. The third-order valence-electron chi connectivity index (χ3n) is 4.25. The van der Waals surface area contributed by atoms with E-state index in [2.05, 4.69) is 16.8 Å². The van der Waals surface area contributed by atoms with Crippen LogP contribution in [0.1, 0.15) is 47.0 Å². The highest BCUT2D eigenvalue weighted by molar-refractivity contribution is 5.74. The van der Waals surface area contributed by atoms with Gasteiger partial charge in [0.2, 0.25) is 0 Å². The first-order chi connectivity index (χ1) is 16.0. The Morgan fingerprint density at radius 3 is 1.29 bits per heavy atom. The van der Waals surface area contributed by atoms with Gasteiger partial charge < -0.3 is 53.8 Å². The zero-order valence-electron chi connectivity index (χ0n) is 20.7. The van der Waals surface area contributed by atoms with E-state index in [1.165, 1.54) is 0 Å². The van der Waals surface area contributed by atoms with Gasteiger partial charge in [-0.05, 0) is 31.2 Å². The highest BCUT2D eigenvalue weighted by Crippen LogP contribution is 2.04. The fourth-order valence-corrected chi connectivity index (χ4v) is 1.68. The minimum absolute atomic E-state index is 0.0208. The molecule has 1 aliphatic heterocycles. The summed E-state index contributed by atoms with van der Waals surface area (Å²) < 4.78 is 0. The Morgan fingerprint density at radius 2 is 1.20 bits per heavy atom. The normalized spacial score (nSPS) is 16.1. The lowest BCUT2D eigenvalue weighted by Crippen LogP contribution is -2.36. The van der Waals surface area contributed by atoms with Gasteiger partial charge in [-0.25, -0.2) is 0 Å². The molecule has 0 bridgehead atoms. The van der Waals surface area contributed by atoms with Crippen molar-refractivity contribution in [1.82, 2.24) is 5.32 Å². The topological polar surface area (TPSA) is 303 Å². The van der Waals surface area contributed by atoms with Crippen LogP contribution in [-0.4, -0.2) is 93.1 Å². The molecule has 0 saturated carbocycles. The van der Waals surface area contributed by atoms with Crippen LogP contribution in [0.15, 0.2) is 0 Å². The number of nitrogens with two attached hydrogens (primary N) is 4. The summed E-state index contributed by atoms with van der Waals surface area (Å²) in [5.41, 5.74) is 19.6. The summed E-state index contributed by atoms with van der Waals surface area (Å²) in [7, 11) is 0. The maximum atomic E-state index is 10.2. The summed E-state index contributed by atoms with van der Waals surface area (Å²) >= 11 is 0. The Hall–Kier alpha value is -2.85. The van der Waals surface area contributed by atoms with Gasteiger partial charge in [0.05, 0.1) is 13.1 Å². The lowest BCUT2D eigenvalue weighted by atomic mass is 10.0. The van der Waals surface area contributed by atoms with Gasteiger partial charge >= 0.3 is 29.8 Å². The zero-order valence-corrected chi connectivity index (χ0v) is 20.7. The van der Waals surface area contributed by atoms with Crippen molar-refractivity contribution in [1.29, 1.82) is 0 Å². The SMILES string of the molecule is CC(C)[C@H](N)C(=O)O.CC[C@H](C)[C@H](N)C(=O)O.NCC(=O)O.NCC(=O)O.O=C(O)[C@@H]1CCCN1. The first kappa shape index (κ1) is 39.4. The van der Waals surface area contributed by atoms with Gasteiger partial charge in [-0.2, -0.15) is 0 Å². The van der Waals surface area contributed by atoms with E-state index in [1.54, 1.807) is 13.8 Å². The minimum Gasteiger partial charge on any atom is -0.480 e. The lowest BCUT2D eigenvalue weighted by Gasteiger charge is -2.11. The summed E-state index contributed by atoms with van der Waals surface area (Å²) in [5.74, 6) is -4.41. The van der Waals surface area contributed by atoms with Gasteiger partial charge in [0.15, 0.2) is 0 Å². The largest absolute Gasteiger partial charge is 0.480 e. The number of hydrogen-bond donors (Lipinski definition) is 10. The summed E-state index contributed by atoms with van der Waals surface area (Å²) in [6.45, 7) is 7.61. The van der Waals surface area contributed by atoms with Crippen molar-refractivity contribution >= 4 is 29.8 Å². The van der Waals surface area contributed by atoms with Crippen LogP contribution < -0.4 is 28.3 Å². The molecule has 1 rings (SSSR count). The van der Waals surface area contributed by atoms with Crippen LogP contribution >= 0.6 is 0 Å². The van der Waals surface area contributed by atoms with E-state index < -0.39 is 41.9 Å². The highest BCUT2D eigenvalue weighted by Gasteiger charge is 2.20. The molecule has 0 aromatic heterocycles. The van der Waals surface area contributed by atoms with E-state index in [9.17, 15) is 24.0 Å². The number of carbonyl (C=O) groups is 5. The average Bonchev–Trinajstić information content (AvgIpc) is 3.34. The molecule has 0 aromatic rings. The summed E-state index contributed by atoms with van der Waals surface area (Å²) in [6.07, 6.45) is 2.60. The van der Waals surface area contributed by atoms with Crippen LogP contribution in [0.3, 0.4) is 0 Å². The number of aliphatic carboxylic acids is 5. The number of rotatable bonds is 8. The molecule has 0 radical (unpaired) electrons. The molecule has 1 saturated heterocycles. The smallest absolute Gasteiger partial charge is 0.320 e. The van der Waals surface area contributed by atoms with Gasteiger partial charge in [-0.3, -0.25) is 24.0 Å². The molecule has 1 aliphatic rings. The maximum Gasteiger partial charge on any atom is 0.320 e. The van der Waals surface area contributed by atoms with Crippen LogP contribution in [0.5, 0.6) is 0 Å². The van der Waals surface area contributed by atoms with E-state index in [1.807, 2.05) is 13.8 Å². The molecule has 15 heteroatoms. The number of carboxylic acid groups (broad SMARTS) is 5. The summed E-state index contributed by atoms with van der Waals surface area (Å²) in [4.78, 5) is 48.8. The fraction of sp³-hybridized carbons (Fsp3) is 0.750. The van der Waals surface area contributed by atoms with E-state index in [0.717, 1.165) is 25.8 Å². The average molecular weight is 514 g/mol. The fourth-order valence-electron chi connectivity index (χ4n) is 1.68. The second-order valence-corrected chi connectivity index (χ2v) is 7.54. The van der Waals surface area contributed by atoms with E-state index in [-0.39, 0.29) is 31.0 Å². The Labute approximate surface area is 204 Å². The lowest BCUT2D eigenvalue weighted by molar-refractivity contribution is -0.140. The molecule has 0 spiro atoms. The standard InChI is InChI=1S/C6H13NO2.C5H9NO2.C5H11NO2.2C2H5NO2/c1-3-4(2)5(7)6(8)9;7-5(8)4-2-1-3-6-4;1-3(2)4(6)5(7)8;2*3-1-2(4)5/h4-5H,3,7H2,1-2H3,(H,8,9);4,6H,1-3H2,(H,7,8);3-4H,6H2,1-2H3,(H,7,8);2*1,3H2,(H,4,5)/t4-,5-;2*4-;;/m000../s1. The van der Waals surface area contributed by atoms with Crippen molar-refractivity contribution in [2.24, 2.45) is 34.8 Å². The molecule has 35 heavy (non-hydrogen) atoms. The molecular weight excluding hydrogens is 470 g/mol. The first-order valence-corrected chi connectivity index (χ1v) is 10.8. The van der Waals surface area contributed by atoms with Crippen molar-refractivity contribution in [2.75, 3.05) is 19.6 Å². The second kappa shape index (κ2) is 24.3. The molecular formula is C20H43N5O10. The van der Waals surface area contributed by atoms with Gasteiger partial charge in [0, 0.05) is 0 Å². The molecule has 4 atom stereocenters. The predicted molar refractivity (Wildman–Crippen MR) is 128 cm³/mol. The van der Waals surface area contributed by atoms with Crippen LogP contribution in [0, 0.1) is 11.8 Å². The van der Waals surface area contributed by atoms with Crippen molar-refractivity contribution in [3.63, 3.8) is 0 Å². The zero-order chi connectivity index (χ0) is 28.7. The molecule has 15 nitrogen and oxygen atoms in total. The Kier molecular flexibility index (Phi) is 27.3. The summed E-state index contributed by atoms with van der Waals surface area (Å²) in [5, 5.41) is 43.0. The monoisotopic (exact) mass is 513 g/mol. The number of hydrogen-bond acceptors (Lipinski definition) is 10. The van der Waals surface area contributed by atoms with Crippen LogP contribution in [0.2, 0.25) is 0 Å². The molecule has 0 unspecified atom stereocenters. The van der Waals surface area contributed by atoms with Crippen LogP contribution in [-0.2, 0) is 24.0 Å². The maximum absolute atomic E-state index is 10.2. The molecule has 0 aliphatic carbocycles. The van der Waals surface area contributed by atoms with Gasteiger partial charge in [0.25, 0.3) is 0 Å². The third-order valence-corrected chi connectivity index (χ3v) is 4.25. The van der Waals surface area contributed by atoms with Crippen LogP contribution in [0.4, 0.5) is 0 Å². The van der Waals surface area contributed by atoms with Crippen LogP contribution in [0.25, 0.3) is 0 Å². The molecule has 208 valence electrons.